The van der Waals surface area contributed by atoms with E-state index < -0.39 is 44.8 Å². The molecule has 0 bridgehead atoms. The minimum atomic E-state index is -4.19. The van der Waals surface area contributed by atoms with Gasteiger partial charge in [-0.1, -0.05) is 48.5 Å². The number of amides is 1. The Kier molecular flexibility index (Phi) is 7.05. The number of halogens is 2. The Morgan fingerprint density at radius 2 is 1.86 bits per heavy atom. The molecule has 35 heavy (non-hydrogen) atoms. The molecule has 1 N–H and O–H groups in total. The Labute approximate surface area is 205 Å². The van der Waals surface area contributed by atoms with Crippen LogP contribution >= 0.6 is 0 Å². The smallest absolute Gasteiger partial charge is 0.241 e. The van der Waals surface area contributed by atoms with Crippen LogP contribution in [0.4, 0.5) is 8.78 Å². The molecule has 2 atom stereocenters. The van der Waals surface area contributed by atoms with Crippen LogP contribution in [0.25, 0.3) is 11.1 Å². The highest BCUT2D eigenvalue weighted by atomic mass is 32.2. The van der Waals surface area contributed by atoms with Crippen molar-refractivity contribution < 1.29 is 26.7 Å². The van der Waals surface area contributed by atoms with Crippen LogP contribution in [0, 0.1) is 16.6 Å². The molecule has 9 heteroatoms. The second-order valence-corrected chi connectivity index (χ2v) is 12.0. The van der Waals surface area contributed by atoms with Crippen LogP contribution in [0.5, 0.6) is 0 Å². The molecule has 2 aromatic carbocycles. The zero-order valence-corrected chi connectivity index (χ0v) is 21.1. The van der Waals surface area contributed by atoms with Crippen molar-refractivity contribution in [1.82, 2.24) is 9.62 Å². The highest BCUT2D eigenvalue weighted by Gasteiger charge is 2.62. The fraction of sp³-hybridized carbons (Fsp3) is 0.500. The van der Waals surface area contributed by atoms with E-state index in [9.17, 15) is 17.6 Å². The number of hydrogen-bond acceptors (Lipinski definition) is 4. The third-order valence-corrected chi connectivity index (χ3v) is 8.11. The molecule has 1 saturated heterocycles. The van der Waals surface area contributed by atoms with Gasteiger partial charge < -0.3 is 9.64 Å². The highest BCUT2D eigenvalue weighted by molar-refractivity contribution is 7.89. The summed E-state index contributed by atoms with van der Waals surface area (Å²) < 4.78 is 61.3. The monoisotopic (exact) mass is 506 g/mol. The van der Waals surface area contributed by atoms with Crippen LogP contribution in [0.1, 0.15) is 32.3 Å². The van der Waals surface area contributed by atoms with Crippen molar-refractivity contribution in [2.45, 2.75) is 45.2 Å². The second kappa shape index (κ2) is 9.59. The Balaban J connectivity index is 1.74. The van der Waals surface area contributed by atoms with E-state index in [1.54, 1.807) is 36.9 Å². The second-order valence-electron chi connectivity index (χ2n) is 10.3. The van der Waals surface area contributed by atoms with Gasteiger partial charge in [-0.05, 0) is 44.2 Å². The first-order chi connectivity index (χ1) is 16.5. The Morgan fingerprint density at radius 3 is 2.46 bits per heavy atom. The fourth-order valence-corrected chi connectivity index (χ4v) is 6.12. The zero-order chi connectivity index (χ0) is 25.4. The van der Waals surface area contributed by atoms with Crippen molar-refractivity contribution >= 4 is 15.9 Å². The average molecular weight is 507 g/mol. The lowest BCUT2D eigenvalue weighted by Gasteiger charge is -2.34. The number of benzene rings is 2. The number of hydrogen-bond donors (Lipinski definition) is 1. The summed E-state index contributed by atoms with van der Waals surface area (Å²) in [5.41, 5.74) is 0.197. The van der Waals surface area contributed by atoms with Gasteiger partial charge in [0.05, 0.1) is 18.1 Å². The number of likely N-dealkylation sites (tertiary alicyclic amines) is 1. The molecule has 1 heterocycles. The summed E-state index contributed by atoms with van der Waals surface area (Å²) in [5.74, 6) is -0.608. The van der Waals surface area contributed by atoms with Gasteiger partial charge in [-0.15, -0.1) is 0 Å². The number of rotatable bonds is 9. The van der Waals surface area contributed by atoms with E-state index in [1.165, 1.54) is 7.11 Å². The van der Waals surface area contributed by atoms with Gasteiger partial charge in [0.2, 0.25) is 21.9 Å². The van der Waals surface area contributed by atoms with E-state index in [0.29, 0.717) is 30.5 Å². The SMILES string of the molecule is COCC(C)(C)C(=O)N1CC2(CC2)[C@H](NS(=O)(=O)CF)[C@@H]1Cc1cccc(-c2ccccc2)c1F. The summed E-state index contributed by atoms with van der Waals surface area (Å²) in [6.07, 6.45) is 1.52. The maximum Gasteiger partial charge on any atom is 0.241 e. The van der Waals surface area contributed by atoms with Crippen LogP contribution in [-0.4, -0.2) is 57.6 Å². The fourth-order valence-electron chi connectivity index (χ4n) is 5.27. The van der Waals surface area contributed by atoms with Crippen molar-refractivity contribution in [1.29, 1.82) is 0 Å². The summed E-state index contributed by atoms with van der Waals surface area (Å²) in [6.45, 7) is 4.06. The van der Waals surface area contributed by atoms with Gasteiger partial charge in [0.15, 0.2) is 0 Å². The molecule has 0 unspecified atom stereocenters. The quantitative estimate of drug-likeness (QED) is 0.560. The van der Waals surface area contributed by atoms with Crippen molar-refractivity contribution in [2.24, 2.45) is 10.8 Å². The Bertz CT molecular complexity index is 1180. The van der Waals surface area contributed by atoms with Crippen LogP contribution in [0.15, 0.2) is 48.5 Å². The van der Waals surface area contributed by atoms with E-state index in [4.69, 9.17) is 4.74 Å². The molecule has 1 aliphatic heterocycles. The van der Waals surface area contributed by atoms with Crippen LogP contribution < -0.4 is 4.72 Å². The topological polar surface area (TPSA) is 75.7 Å². The van der Waals surface area contributed by atoms with Gasteiger partial charge in [0.25, 0.3) is 0 Å². The van der Waals surface area contributed by atoms with Crippen LogP contribution in [-0.2, 0) is 26.0 Å². The number of carbonyl (C=O) groups excluding carboxylic acids is 1. The predicted molar refractivity (Wildman–Crippen MR) is 130 cm³/mol. The highest BCUT2D eigenvalue weighted by Crippen LogP contribution is 2.56. The largest absolute Gasteiger partial charge is 0.384 e. The van der Waals surface area contributed by atoms with E-state index in [0.717, 1.165) is 5.56 Å². The number of nitrogens with zero attached hydrogens (tertiary/aromatic N) is 1. The lowest BCUT2D eigenvalue weighted by atomic mass is 9.90. The average Bonchev–Trinajstić information content (AvgIpc) is 3.55. The summed E-state index contributed by atoms with van der Waals surface area (Å²) >= 11 is 0. The van der Waals surface area contributed by atoms with E-state index in [-0.39, 0.29) is 18.9 Å². The third-order valence-electron chi connectivity index (χ3n) is 7.21. The zero-order valence-electron chi connectivity index (χ0n) is 20.3. The minimum absolute atomic E-state index is 0.0997. The molecule has 1 spiro atoms. The van der Waals surface area contributed by atoms with E-state index >= 15 is 4.39 Å². The number of carbonyl (C=O) groups is 1. The number of nitrogens with one attached hydrogen (secondary N) is 1. The molecule has 190 valence electrons. The van der Waals surface area contributed by atoms with Gasteiger partial charge in [-0.3, -0.25) is 4.79 Å². The van der Waals surface area contributed by atoms with Crippen molar-refractivity contribution in [3.8, 4) is 11.1 Å². The van der Waals surface area contributed by atoms with Gasteiger partial charge in [-0.25, -0.2) is 21.9 Å². The summed E-state index contributed by atoms with van der Waals surface area (Å²) in [4.78, 5) is 15.3. The summed E-state index contributed by atoms with van der Waals surface area (Å²) in [7, 11) is -2.67. The van der Waals surface area contributed by atoms with Gasteiger partial charge in [0.1, 0.15) is 5.82 Å². The maximum atomic E-state index is 15.7. The lowest BCUT2D eigenvalue weighted by Crippen LogP contribution is -2.52. The van der Waals surface area contributed by atoms with Crippen LogP contribution in [0.3, 0.4) is 0 Å². The molecule has 0 aromatic heterocycles. The molecule has 0 radical (unpaired) electrons. The van der Waals surface area contributed by atoms with Crippen molar-refractivity contribution in [2.75, 3.05) is 26.3 Å². The number of methoxy groups -OCH3 is 1. The molecule has 2 fully saturated rings. The predicted octanol–water partition coefficient (Wildman–Crippen LogP) is 3.91. The molecule has 1 amide bonds. The van der Waals surface area contributed by atoms with E-state index in [2.05, 4.69) is 4.72 Å². The summed E-state index contributed by atoms with van der Waals surface area (Å²) in [5, 5.41) is 0. The molecule has 1 aliphatic carbocycles. The normalized spacial score (nSPS) is 21.5. The van der Waals surface area contributed by atoms with Crippen LogP contribution in [0.2, 0.25) is 0 Å². The molecule has 6 nitrogen and oxygen atoms in total. The molecule has 4 rings (SSSR count). The third kappa shape index (κ3) is 5.13. The first-order valence-electron chi connectivity index (χ1n) is 11.7. The number of alkyl halides is 1. The van der Waals surface area contributed by atoms with E-state index in [1.807, 2.05) is 30.3 Å². The van der Waals surface area contributed by atoms with Gasteiger partial charge >= 0.3 is 0 Å². The number of sulfonamides is 1. The first kappa shape index (κ1) is 25.7. The molecular weight excluding hydrogens is 474 g/mol. The standard InChI is InChI=1S/C26H32F2N2O4S/c1-25(2,16-34-3)24(31)30-15-26(12-13-26)23(29-35(32,33)17-27)21(30)14-19-10-7-11-20(22(19)28)18-8-5-4-6-9-18/h4-11,21,23,29H,12-17H2,1-3H3/t21-,23+/m0/s1. The molecule has 2 aromatic rings. The Hall–Kier alpha value is -2.36. The maximum absolute atomic E-state index is 15.7. The van der Waals surface area contributed by atoms with Crippen molar-refractivity contribution in [3.63, 3.8) is 0 Å². The van der Waals surface area contributed by atoms with Crippen molar-refractivity contribution in [3.05, 3.63) is 59.9 Å². The summed E-state index contributed by atoms with van der Waals surface area (Å²) in [6, 6.07) is 11.3. The minimum Gasteiger partial charge on any atom is -0.384 e. The molecular formula is C26H32F2N2O4S. The Morgan fingerprint density at radius 1 is 1.17 bits per heavy atom. The number of ether oxygens (including phenoxy) is 1. The first-order valence-corrected chi connectivity index (χ1v) is 13.4. The van der Waals surface area contributed by atoms with Gasteiger partial charge in [-0.2, -0.15) is 0 Å². The lowest BCUT2D eigenvalue weighted by molar-refractivity contribution is -0.144. The molecule has 2 aliphatic rings. The van der Waals surface area contributed by atoms with Gasteiger partial charge in [0, 0.05) is 30.7 Å². The molecule has 1 saturated carbocycles.